The Morgan fingerprint density at radius 2 is 1.84 bits per heavy atom. The van der Waals surface area contributed by atoms with Crippen molar-refractivity contribution >= 4 is 12.0 Å². The van der Waals surface area contributed by atoms with Gasteiger partial charge in [0.05, 0.1) is 13.2 Å². The van der Waals surface area contributed by atoms with Gasteiger partial charge in [0.1, 0.15) is 18.1 Å². The van der Waals surface area contributed by atoms with Crippen molar-refractivity contribution in [1.29, 1.82) is 0 Å². The van der Waals surface area contributed by atoms with E-state index in [0.29, 0.717) is 6.61 Å². The van der Waals surface area contributed by atoms with Gasteiger partial charge in [0, 0.05) is 6.08 Å². The van der Waals surface area contributed by atoms with E-state index in [-0.39, 0.29) is 12.1 Å². The number of hydrogen-bond acceptors (Lipinski definition) is 4. The fourth-order valence-corrected chi connectivity index (χ4v) is 2.23. The van der Waals surface area contributed by atoms with Crippen LogP contribution in [0.4, 0.5) is 0 Å². The lowest BCUT2D eigenvalue weighted by molar-refractivity contribution is -0.141. The number of esters is 1. The van der Waals surface area contributed by atoms with Crippen LogP contribution in [0.1, 0.15) is 30.5 Å². The molecule has 0 radical (unpaired) electrons. The first-order chi connectivity index (χ1) is 12.0. The molecule has 0 spiro atoms. The van der Waals surface area contributed by atoms with E-state index in [4.69, 9.17) is 14.2 Å². The van der Waals surface area contributed by atoms with Crippen LogP contribution in [0.5, 0.6) is 11.5 Å². The highest BCUT2D eigenvalue weighted by molar-refractivity contribution is 5.87. The van der Waals surface area contributed by atoms with Crippen molar-refractivity contribution in [2.45, 2.75) is 33.5 Å². The second kappa shape index (κ2) is 8.92. The standard InChI is InChI=1S/C21H24O4/c1-15(2)25-21(22)12-9-17-7-10-19(11-8-17)24-14-18-6-5-16(3)20(13-18)23-4/h5-13,15H,14H2,1-4H3/b12-9+. The highest BCUT2D eigenvalue weighted by Gasteiger charge is 2.02. The Kier molecular flexibility index (Phi) is 6.63. The Labute approximate surface area is 149 Å². The van der Waals surface area contributed by atoms with Gasteiger partial charge in [-0.15, -0.1) is 0 Å². The van der Waals surface area contributed by atoms with Crippen LogP contribution in [-0.2, 0) is 16.1 Å². The zero-order valence-electron chi connectivity index (χ0n) is 15.1. The molecule has 0 aliphatic carbocycles. The Morgan fingerprint density at radius 1 is 1.12 bits per heavy atom. The fraction of sp³-hybridized carbons (Fsp3) is 0.286. The largest absolute Gasteiger partial charge is 0.496 e. The van der Waals surface area contributed by atoms with Gasteiger partial charge in [-0.25, -0.2) is 4.79 Å². The van der Waals surface area contributed by atoms with Gasteiger partial charge in [-0.05, 0) is 61.7 Å². The quantitative estimate of drug-likeness (QED) is 0.548. The van der Waals surface area contributed by atoms with Gasteiger partial charge >= 0.3 is 5.97 Å². The van der Waals surface area contributed by atoms with Gasteiger partial charge in [0.15, 0.2) is 0 Å². The van der Waals surface area contributed by atoms with Crippen LogP contribution in [0.3, 0.4) is 0 Å². The predicted molar refractivity (Wildman–Crippen MR) is 98.8 cm³/mol. The zero-order valence-corrected chi connectivity index (χ0v) is 15.1. The Balaban J connectivity index is 1.92. The molecular weight excluding hydrogens is 316 g/mol. The summed E-state index contributed by atoms with van der Waals surface area (Å²) in [6.07, 6.45) is 3.03. The lowest BCUT2D eigenvalue weighted by Gasteiger charge is -2.09. The summed E-state index contributed by atoms with van der Waals surface area (Å²) >= 11 is 0. The molecule has 132 valence electrons. The molecule has 0 heterocycles. The molecule has 4 heteroatoms. The number of rotatable bonds is 7. The molecule has 0 N–H and O–H groups in total. The summed E-state index contributed by atoms with van der Waals surface area (Å²) in [5, 5.41) is 0. The fourth-order valence-electron chi connectivity index (χ4n) is 2.23. The van der Waals surface area contributed by atoms with Crippen LogP contribution in [0, 0.1) is 6.92 Å². The monoisotopic (exact) mass is 340 g/mol. The minimum Gasteiger partial charge on any atom is -0.496 e. The van der Waals surface area contributed by atoms with E-state index in [1.54, 1.807) is 13.2 Å². The minimum absolute atomic E-state index is 0.117. The predicted octanol–water partition coefficient (Wildman–Crippen LogP) is 4.55. The number of ether oxygens (including phenoxy) is 3. The first kappa shape index (κ1) is 18.6. The number of carbonyl (C=O) groups excluding carboxylic acids is 1. The Hall–Kier alpha value is -2.75. The normalized spacial score (nSPS) is 10.9. The van der Waals surface area contributed by atoms with Crippen molar-refractivity contribution in [3.63, 3.8) is 0 Å². The number of aryl methyl sites for hydroxylation is 1. The molecule has 0 aliphatic rings. The highest BCUT2D eigenvalue weighted by Crippen LogP contribution is 2.21. The third-order valence-electron chi connectivity index (χ3n) is 3.52. The van der Waals surface area contributed by atoms with E-state index < -0.39 is 0 Å². The van der Waals surface area contributed by atoms with Crippen molar-refractivity contribution < 1.29 is 19.0 Å². The first-order valence-electron chi connectivity index (χ1n) is 8.23. The summed E-state index contributed by atoms with van der Waals surface area (Å²) in [6.45, 7) is 6.11. The molecule has 0 saturated heterocycles. The van der Waals surface area contributed by atoms with Crippen LogP contribution < -0.4 is 9.47 Å². The van der Waals surface area contributed by atoms with E-state index in [1.807, 2.05) is 63.2 Å². The summed E-state index contributed by atoms with van der Waals surface area (Å²) in [5.74, 6) is 1.28. The maximum atomic E-state index is 11.5. The minimum atomic E-state index is -0.344. The van der Waals surface area contributed by atoms with Crippen molar-refractivity contribution in [3.8, 4) is 11.5 Å². The molecule has 4 nitrogen and oxygen atoms in total. The zero-order chi connectivity index (χ0) is 18.2. The number of methoxy groups -OCH3 is 1. The van der Waals surface area contributed by atoms with Gasteiger partial charge < -0.3 is 14.2 Å². The van der Waals surface area contributed by atoms with Crippen LogP contribution in [0.2, 0.25) is 0 Å². The Morgan fingerprint density at radius 3 is 2.48 bits per heavy atom. The molecule has 0 bridgehead atoms. The van der Waals surface area contributed by atoms with Crippen molar-refractivity contribution in [3.05, 3.63) is 65.2 Å². The van der Waals surface area contributed by atoms with Crippen LogP contribution in [0.25, 0.3) is 6.08 Å². The molecule has 0 saturated carbocycles. The lowest BCUT2D eigenvalue weighted by atomic mass is 10.1. The topological polar surface area (TPSA) is 44.8 Å². The molecule has 0 aromatic heterocycles. The summed E-state index contributed by atoms with van der Waals surface area (Å²) in [7, 11) is 1.66. The van der Waals surface area contributed by atoms with Crippen LogP contribution in [-0.4, -0.2) is 19.2 Å². The molecular formula is C21H24O4. The molecule has 25 heavy (non-hydrogen) atoms. The van der Waals surface area contributed by atoms with Gasteiger partial charge in [-0.3, -0.25) is 0 Å². The summed E-state index contributed by atoms with van der Waals surface area (Å²) in [4.78, 5) is 11.5. The SMILES string of the molecule is COc1cc(COc2ccc(/C=C/C(=O)OC(C)C)cc2)ccc1C. The number of benzene rings is 2. The molecule has 0 atom stereocenters. The Bertz CT molecular complexity index is 730. The van der Waals surface area contributed by atoms with Crippen LogP contribution >= 0.6 is 0 Å². The van der Waals surface area contributed by atoms with Crippen LogP contribution in [0.15, 0.2) is 48.5 Å². The molecule has 0 aliphatic heterocycles. The number of carbonyl (C=O) groups is 1. The summed E-state index contributed by atoms with van der Waals surface area (Å²) in [6, 6.07) is 13.6. The van der Waals surface area contributed by atoms with E-state index in [0.717, 1.165) is 28.2 Å². The third kappa shape index (κ3) is 5.99. The van der Waals surface area contributed by atoms with E-state index in [9.17, 15) is 4.79 Å². The van der Waals surface area contributed by atoms with Gasteiger partial charge in [-0.1, -0.05) is 24.3 Å². The second-order valence-corrected chi connectivity index (χ2v) is 5.98. The molecule has 0 fully saturated rings. The van der Waals surface area contributed by atoms with Crippen molar-refractivity contribution in [1.82, 2.24) is 0 Å². The molecule has 2 aromatic carbocycles. The van der Waals surface area contributed by atoms with E-state index in [1.165, 1.54) is 6.08 Å². The van der Waals surface area contributed by atoms with Crippen molar-refractivity contribution in [2.75, 3.05) is 7.11 Å². The summed E-state index contributed by atoms with van der Waals surface area (Å²) < 4.78 is 16.2. The average Bonchev–Trinajstić information content (AvgIpc) is 2.59. The average molecular weight is 340 g/mol. The first-order valence-corrected chi connectivity index (χ1v) is 8.23. The number of hydrogen-bond donors (Lipinski definition) is 0. The molecule has 0 unspecified atom stereocenters. The molecule has 2 aromatic rings. The van der Waals surface area contributed by atoms with Gasteiger partial charge in [-0.2, -0.15) is 0 Å². The van der Waals surface area contributed by atoms with E-state index >= 15 is 0 Å². The molecule has 2 rings (SSSR count). The maximum absolute atomic E-state index is 11.5. The molecule has 0 amide bonds. The maximum Gasteiger partial charge on any atom is 0.331 e. The summed E-state index contributed by atoms with van der Waals surface area (Å²) in [5.41, 5.74) is 3.05. The van der Waals surface area contributed by atoms with Gasteiger partial charge in [0.25, 0.3) is 0 Å². The second-order valence-electron chi connectivity index (χ2n) is 5.98. The highest BCUT2D eigenvalue weighted by atomic mass is 16.5. The lowest BCUT2D eigenvalue weighted by Crippen LogP contribution is -2.08. The van der Waals surface area contributed by atoms with E-state index in [2.05, 4.69) is 0 Å². The van der Waals surface area contributed by atoms with Crippen molar-refractivity contribution in [2.24, 2.45) is 0 Å². The van der Waals surface area contributed by atoms with Gasteiger partial charge in [0.2, 0.25) is 0 Å². The third-order valence-corrected chi connectivity index (χ3v) is 3.52. The smallest absolute Gasteiger partial charge is 0.331 e.